The first kappa shape index (κ1) is 13.0. The van der Waals surface area contributed by atoms with E-state index in [1.54, 1.807) is 7.05 Å². The van der Waals surface area contributed by atoms with E-state index in [-0.39, 0.29) is 11.8 Å². The Morgan fingerprint density at radius 2 is 1.94 bits per heavy atom. The van der Waals surface area contributed by atoms with Gasteiger partial charge in [0.1, 0.15) is 0 Å². The summed E-state index contributed by atoms with van der Waals surface area (Å²) in [5.41, 5.74) is 0. The van der Waals surface area contributed by atoms with Crippen LogP contribution in [0.15, 0.2) is 0 Å². The zero-order valence-corrected chi connectivity index (χ0v) is 9.92. The fourth-order valence-corrected chi connectivity index (χ4v) is 1.77. The van der Waals surface area contributed by atoms with Crippen molar-refractivity contribution in [2.24, 2.45) is 0 Å². The SMILES string of the molecule is CNC(=O)CCCNCC(=O)N1CCCC1. The van der Waals surface area contributed by atoms with Gasteiger partial charge in [0, 0.05) is 26.6 Å². The monoisotopic (exact) mass is 227 g/mol. The van der Waals surface area contributed by atoms with Gasteiger partial charge in [-0.3, -0.25) is 9.59 Å². The Kier molecular flexibility index (Phi) is 5.85. The molecule has 1 aliphatic heterocycles. The van der Waals surface area contributed by atoms with Gasteiger partial charge in [-0.1, -0.05) is 0 Å². The van der Waals surface area contributed by atoms with Crippen molar-refractivity contribution >= 4 is 11.8 Å². The van der Waals surface area contributed by atoms with Gasteiger partial charge in [-0.2, -0.15) is 0 Å². The number of nitrogens with one attached hydrogen (secondary N) is 2. The molecular formula is C11H21N3O2. The molecule has 0 aromatic rings. The highest BCUT2D eigenvalue weighted by Gasteiger charge is 2.16. The molecule has 16 heavy (non-hydrogen) atoms. The molecule has 1 rings (SSSR count). The first-order valence-electron chi connectivity index (χ1n) is 5.93. The minimum atomic E-state index is 0.0488. The van der Waals surface area contributed by atoms with Crippen LogP contribution in [0.25, 0.3) is 0 Å². The van der Waals surface area contributed by atoms with E-state index in [1.165, 1.54) is 0 Å². The molecule has 5 nitrogen and oxygen atoms in total. The van der Waals surface area contributed by atoms with E-state index >= 15 is 0 Å². The maximum Gasteiger partial charge on any atom is 0.236 e. The average molecular weight is 227 g/mol. The highest BCUT2D eigenvalue weighted by atomic mass is 16.2. The molecule has 0 atom stereocenters. The molecule has 0 aromatic carbocycles. The molecule has 0 unspecified atom stereocenters. The number of amides is 2. The van der Waals surface area contributed by atoms with Gasteiger partial charge in [-0.15, -0.1) is 0 Å². The van der Waals surface area contributed by atoms with Gasteiger partial charge >= 0.3 is 0 Å². The number of carbonyl (C=O) groups excluding carboxylic acids is 2. The molecule has 0 aliphatic carbocycles. The first-order valence-corrected chi connectivity index (χ1v) is 5.93. The molecule has 92 valence electrons. The summed E-state index contributed by atoms with van der Waals surface area (Å²) in [6.07, 6.45) is 3.54. The average Bonchev–Trinajstić information content (AvgIpc) is 2.81. The number of carbonyl (C=O) groups is 2. The summed E-state index contributed by atoms with van der Waals surface area (Å²) in [5.74, 6) is 0.227. The predicted molar refractivity (Wildman–Crippen MR) is 62.0 cm³/mol. The number of hydrogen-bond donors (Lipinski definition) is 2. The molecule has 1 fully saturated rings. The summed E-state index contributed by atoms with van der Waals surface area (Å²) in [6, 6.07) is 0. The maximum atomic E-state index is 11.6. The Hall–Kier alpha value is -1.10. The molecular weight excluding hydrogens is 206 g/mol. The van der Waals surface area contributed by atoms with E-state index in [0.29, 0.717) is 19.5 Å². The van der Waals surface area contributed by atoms with Crippen molar-refractivity contribution in [3.8, 4) is 0 Å². The van der Waals surface area contributed by atoms with Crippen LogP contribution < -0.4 is 10.6 Å². The van der Waals surface area contributed by atoms with Crippen LogP contribution in [0.2, 0.25) is 0 Å². The quantitative estimate of drug-likeness (QED) is 0.614. The Balaban J connectivity index is 1.98. The van der Waals surface area contributed by atoms with E-state index in [2.05, 4.69) is 10.6 Å². The summed E-state index contributed by atoms with van der Waals surface area (Å²) < 4.78 is 0. The van der Waals surface area contributed by atoms with Gasteiger partial charge < -0.3 is 15.5 Å². The van der Waals surface area contributed by atoms with E-state index in [9.17, 15) is 9.59 Å². The predicted octanol–water partition coefficient (Wildman–Crippen LogP) is -0.275. The lowest BCUT2D eigenvalue weighted by molar-refractivity contribution is -0.129. The van der Waals surface area contributed by atoms with Crippen molar-refractivity contribution in [2.75, 3.05) is 33.2 Å². The van der Waals surface area contributed by atoms with Crippen molar-refractivity contribution in [1.29, 1.82) is 0 Å². The molecule has 0 saturated carbocycles. The third kappa shape index (κ3) is 4.61. The van der Waals surface area contributed by atoms with Crippen LogP contribution >= 0.6 is 0 Å². The molecule has 2 amide bonds. The maximum absolute atomic E-state index is 11.6. The topological polar surface area (TPSA) is 61.4 Å². The molecule has 1 saturated heterocycles. The molecule has 0 aromatic heterocycles. The zero-order valence-electron chi connectivity index (χ0n) is 9.92. The van der Waals surface area contributed by atoms with Crippen LogP contribution in [-0.4, -0.2) is 49.9 Å². The third-order valence-electron chi connectivity index (χ3n) is 2.77. The largest absolute Gasteiger partial charge is 0.359 e. The first-order chi connectivity index (χ1) is 7.74. The van der Waals surface area contributed by atoms with Crippen molar-refractivity contribution in [2.45, 2.75) is 25.7 Å². The molecule has 1 aliphatic rings. The van der Waals surface area contributed by atoms with Crippen LogP contribution in [0, 0.1) is 0 Å². The van der Waals surface area contributed by atoms with E-state index in [0.717, 1.165) is 32.4 Å². The molecule has 0 radical (unpaired) electrons. The van der Waals surface area contributed by atoms with Crippen LogP contribution in [0.4, 0.5) is 0 Å². The Morgan fingerprint density at radius 1 is 1.25 bits per heavy atom. The second-order valence-corrected chi connectivity index (χ2v) is 4.04. The minimum absolute atomic E-state index is 0.0488. The standard InChI is InChI=1S/C11H21N3O2/c1-12-10(15)5-4-6-13-9-11(16)14-7-2-3-8-14/h13H,2-9H2,1H3,(H,12,15). The fraction of sp³-hybridized carbons (Fsp3) is 0.818. The molecule has 0 spiro atoms. The van der Waals surface area contributed by atoms with E-state index < -0.39 is 0 Å². The second-order valence-electron chi connectivity index (χ2n) is 4.04. The number of likely N-dealkylation sites (tertiary alicyclic amines) is 1. The molecule has 0 bridgehead atoms. The van der Waals surface area contributed by atoms with Gasteiger partial charge in [0.15, 0.2) is 0 Å². The van der Waals surface area contributed by atoms with E-state index in [4.69, 9.17) is 0 Å². The van der Waals surface area contributed by atoms with Crippen molar-refractivity contribution < 1.29 is 9.59 Å². The van der Waals surface area contributed by atoms with Gasteiger partial charge in [-0.25, -0.2) is 0 Å². The highest BCUT2D eigenvalue weighted by Crippen LogP contribution is 2.06. The summed E-state index contributed by atoms with van der Waals surface area (Å²) in [6.45, 7) is 2.91. The van der Waals surface area contributed by atoms with E-state index in [1.807, 2.05) is 4.90 Å². The molecule has 1 heterocycles. The Labute approximate surface area is 96.6 Å². The molecule has 5 heteroatoms. The zero-order chi connectivity index (χ0) is 11.8. The number of nitrogens with zero attached hydrogens (tertiary/aromatic N) is 1. The smallest absolute Gasteiger partial charge is 0.236 e. The van der Waals surface area contributed by atoms with Crippen LogP contribution in [0.3, 0.4) is 0 Å². The fourth-order valence-electron chi connectivity index (χ4n) is 1.77. The van der Waals surface area contributed by atoms with Crippen LogP contribution in [0.5, 0.6) is 0 Å². The Bertz CT molecular complexity index is 237. The second kappa shape index (κ2) is 7.22. The minimum Gasteiger partial charge on any atom is -0.359 e. The normalized spacial score (nSPS) is 15.2. The van der Waals surface area contributed by atoms with Gasteiger partial charge in [0.2, 0.25) is 11.8 Å². The lowest BCUT2D eigenvalue weighted by Gasteiger charge is -2.15. The van der Waals surface area contributed by atoms with Gasteiger partial charge in [0.05, 0.1) is 6.54 Å². The van der Waals surface area contributed by atoms with Crippen LogP contribution in [0.1, 0.15) is 25.7 Å². The summed E-state index contributed by atoms with van der Waals surface area (Å²) in [7, 11) is 1.63. The lowest BCUT2D eigenvalue weighted by Crippen LogP contribution is -2.36. The third-order valence-corrected chi connectivity index (χ3v) is 2.77. The summed E-state index contributed by atoms with van der Waals surface area (Å²) >= 11 is 0. The van der Waals surface area contributed by atoms with Crippen LogP contribution in [-0.2, 0) is 9.59 Å². The Morgan fingerprint density at radius 3 is 2.56 bits per heavy atom. The van der Waals surface area contributed by atoms with Gasteiger partial charge in [0.25, 0.3) is 0 Å². The van der Waals surface area contributed by atoms with Crippen molar-refractivity contribution in [3.05, 3.63) is 0 Å². The van der Waals surface area contributed by atoms with Crippen molar-refractivity contribution in [3.63, 3.8) is 0 Å². The van der Waals surface area contributed by atoms with Gasteiger partial charge in [-0.05, 0) is 25.8 Å². The number of hydrogen-bond acceptors (Lipinski definition) is 3. The lowest BCUT2D eigenvalue weighted by atomic mass is 10.3. The molecule has 2 N–H and O–H groups in total. The summed E-state index contributed by atoms with van der Waals surface area (Å²) in [4.78, 5) is 24.4. The highest BCUT2D eigenvalue weighted by molar-refractivity contribution is 5.78. The number of rotatable bonds is 6. The van der Waals surface area contributed by atoms with Crippen molar-refractivity contribution in [1.82, 2.24) is 15.5 Å². The summed E-state index contributed by atoms with van der Waals surface area (Å²) in [5, 5.41) is 5.64.